The van der Waals surface area contributed by atoms with Crippen LogP contribution < -0.4 is 10.6 Å². The molecule has 0 radical (unpaired) electrons. The third-order valence-electron chi connectivity index (χ3n) is 4.30. The van der Waals surface area contributed by atoms with Crippen molar-refractivity contribution in [3.63, 3.8) is 0 Å². The van der Waals surface area contributed by atoms with E-state index in [-0.39, 0.29) is 11.8 Å². The van der Waals surface area contributed by atoms with Gasteiger partial charge in [0.25, 0.3) is 0 Å². The molecule has 1 aliphatic heterocycles. The zero-order chi connectivity index (χ0) is 12.7. The number of nitrogens with one attached hydrogen (secondary N) is 2. The molecule has 0 aromatic heterocycles. The summed E-state index contributed by atoms with van der Waals surface area (Å²) in [4.78, 5) is 12.0. The molecule has 3 heteroatoms. The molecular weight excluding hydrogens is 212 g/mol. The Balaban J connectivity index is 2.44. The molecule has 1 unspecified atom stereocenters. The average Bonchev–Trinajstić information content (AvgIpc) is 2.39. The zero-order valence-electron chi connectivity index (χ0n) is 11.6. The topological polar surface area (TPSA) is 41.1 Å². The lowest BCUT2D eigenvalue weighted by molar-refractivity contribution is -0.125. The third kappa shape index (κ3) is 3.98. The van der Waals surface area contributed by atoms with Gasteiger partial charge in [-0.15, -0.1) is 0 Å². The number of carbonyl (C=O) groups is 1. The Morgan fingerprint density at radius 2 is 2.06 bits per heavy atom. The van der Waals surface area contributed by atoms with Crippen LogP contribution in [0.5, 0.6) is 0 Å². The summed E-state index contributed by atoms with van der Waals surface area (Å²) < 4.78 is 0. The van der Waals surface area contributed by atoms with E-state index < -0.39 is 0 Å². The molecular formula is C14H28N2O. The van der Waals surface area contributed by atoms with Crippen LogP contribution in [0.2, 0.25) is 0 Å². The van der Waals surface area contributed by atoms with Gasteiger partial charge in [0.1, 0.15) is 0 Å². The number of hydrogen-bond acceptors (Lipinski definition) is 2. The lowest BCUT2D eigenvalue weighted by atomic mass is 9.78. The van der Waals surface area contributed by atoms with Gasteiger partial charge >= 0.3 is 0 Å². The first kappa shape index (κ1) is 14.5. The minimum atomic E-state index is 0.195. The summed E-state index contributed by atoms with van der Waals surface area (Å²) >= 11 is 0. The molecule has 1 saturated heterocycles. The van der Waals surface area contributed by atoms with Gasteiger partial charge in [0.15, 0.2) is 0 Å². The summed E-state index contributed by atoms with van der Waals surface area (Å²) in [6.07, 6.45) is 5.50. The van der Waals surface area contributed by atoms with Crippen molar-refractivity contribution in [2.45, 2.75) is 52.9 Å². The van der Waals surface area contributed by atoms with Crippen molar-refractivity contribution in [1.82, 2.24) is 10.6 Å². The summed E-state index contributed by atoms with van der Waals surface area (Å²) in [5.74, 6) is 0.439. The quantitative estimate of drug-likeness (QED) is 0.748. The third-order valence-corrected chi connectivity index (χ3v) is 4.30. The first-order chi connectivity index (χ1) is 8.17. The van der Waals surface area contributed by atoms with Crippen LogP contribution in [-0.2, 0) is 4.79 Å². The van der Waals surface area contributed by atoms with E-state index in [0.717, 1.165) is 38.9 Å². The van der Waals surface area contributed by atoms with Crippen LogP contribution in [0.15, 0.2) is 0 Å². The molecule has 0 aliphatic carbocycles. The van der Waals surface area contributed by atoms with E-state index in [9.17, 15) is 4.79 Å². The maximum Gasteiger partial charge on any atom is 0.223 e. The fourth-order valence-corrected chi connectivity index (χ4v) is 2.69. The van der Waals surface area contributed by atoms with Crippen molar-refractivity contribution in [3.05, 3.63) is 0 Å². The molecule has 0 aromatic rings. The second-order valence-corrected chi connectivity index (χ2v) is 5.37. The summed E-state index contributed by atoms with van der Waals surface area (Å²) in [6.45, 7) is 9.42. The molecule has 0 aromatic carbocycles. The summed E-state index contributed by atoms with van der Waals surface area (Å²) in [5.41, 5.74) is 0.292. The summed E-state index contributed by atoms with van der Waals surface area (Å²) in [7, 11) is 0. The fourth-order valence-electron chi connectivity index (χ4n) is 2.69. The van der Waals surface area contributed by atoms with Gasteiger partial charge in [-0.3, -0.25) is 4.79 Å². The van der Waals surface area contributed by atoms with Gasteiger partial charge < -0.3 is 10.6 Å². The van der Waals surface area contributed by atoms with Gasteiger partial charge in [0.2, 0.25) is 5.91 Å². The minimum Gasteiger partial charge on any atom is -0.355 e. The normalized spacial score (nSPS) is 24.9. The predicted octanol–water partition coefficient (Wildman–Crippen LogP) is 2.32. The molecule has 1 fully saturated rings. The first-order valence-corrected chi connectivity index (χ1v) is 7.16. The van der Waals surface area contributed by atoms with E-state index in [4.69, 9.17) is 0 Å². The second kappa shape index (κ2) is 7.00. The number of rotatable bonds is 6. The Morgan fingerprint density at radius 1 is 1.35 bits per heavy atom. The summed E-state index contributed by atoms with van der Waals surface area (Å²) in [5, 5.41) is 6.62. The Morgan fingerprint density at radius 3 is 2.53 bits per heavy atom. The standard InChI is InChI=1S/C14H28N2O/c1-4-12(5-2)13(17)16-11-14(6-3)8-7-9-15-10-14/h12,15H,4-11H2,1-3H3,(H,16,17). The minimum absolute atomic E-state index is 0.195. The van der Waals surface area contributed by atoms with Crippen molar-refractivity contribution in [2.75, 3.05) is 19.6 Å². The van der Waals surface area contributed by atoms with Crippen LogP contribution in [-0.4, -0.2) is 25.5 Å². The highest BCUT2D eigenvalue weighted by atomic mass is 16.1. The fraction of sp³-hybridized carbons (Fsp3) is 0.929. The number of amides is 1. The highest BCUT2D eigenvalue weighted by molar-refractivity contribution is 5.78. The molecule has 17 heavy (non-hydrogen) atoms. The SMILES string of the molecule is CCC(CC)C(=O)NCC1(CC)CCCNC1. The van der Waals surface area contributed by atoms with Crippen LogP contribution >= 0.6 is 0 Å². The van der Waals surface area contributed by atoms with E-state index in [1.54, 1.807) is 0 Å². The molecule has 1 amide bonds. The number of carbonyl (C=O) groups excluding carboxylic acids is 1. The lowest BCUT2D eigenvalue weighted by Crippen LogP contribution is -2.48. The molecule has 3 nitrogen and oxygen atoms in total. The van der Waals surface area contributed by atoms with Gasteiger partial charge in [0.05, 0.1) is 0 Å². The van der Waals surface area contributed by atoms with E-state index in [1.165, 1.54) is 12.8 Å². The van der Waals surface area contributed by atoms with Crippen molar-refractivity contribution in [3.8, 4) is 0 Å². The number of hydrogen-bond donors (Lipinski definition) is 2. The number of piperidine rings is 1. The largest absolute Gasteiger partial charge is 0.355 e. The monoisotopic (exact) mass is 240 g/mol. The van der Waals surface area contributed by atoms with Gasteiger partial charge in [-0.2, -0.15) is 0 Å². The lowest BCUT2D eigenvalue weighted by Gasteiger charge is -2.37. The van der Waals surface area contributed by atoms with E-state index in [1.807, 2.05) is 0 Å². The molecule has 0 saturated carbocycles. The van der Waals surface area contributed by atoms with Crippen LogP contribution in [0.25, 0.3) is 0 Å². The zero-order valence-corrected chi connectivity index (χ0v) is 11.6. The molecule has 2 N–H and O–H groups in total. The van der Waals surface area contributed by atoms with Crippen molar-refractivity contribution < 1.29 is 4.79 Å². The average molecular weight is 240 g/mol. The molecule has 0 spiro atoms. The molecule has 1 heterocycles. The van der Waals surface area contributed by atoms with E-state index >= 15 is 0 Å². The Bertz CT molecular complexity index is 230. The molecule has 1 atom stereocenters. The second-order valence-electron chi connectivity index (χ2n) is 5.37. The van der Waals surface area contributed by atoms with Gasteiger partial charge in [-0.05, 0) is 44.1 Å². The molecule has 100 valence electrons. The van der Waals surface area contributed by atoms with Crippen LogP contribution in [0.4, 0.5) is 0 Å². The van der Waals surface area contributed by atoms with Crippen molar-refractivity contribution >= 4 is 5.91 Å². The van der Waals surface area contributed by atoms with Crippen LogP contribution in [0.1, 0.15) is 52.9 Å². The molecule has 1 aliphatic rings. The van der Waals surface area contributed by atoms with Crippen LogP contribution in [0, 0.1) is 11.3 Å². The summed E-state index contributed by atoms with van der Waals surface area (Å²) in [6, 6.07) is 0. The molecule has 0 bridgehead atoms. The van der Waals surface area contributed by atoms with Gasteiger partial charge in [-0.25, -0.2) is 0 Å². The van der Waals surface area contributed by atoms with Crippen molar-refractivity contribution in [1.29, 1.82) is 0 Å². The Hall–Kier alpha value is -0.570. The smallest absolute Gasteiger partial charge is 0.223 e. The van der Waals surface area contributed by atoms with Gasteiger partial charge in [-0.1, -0.05) is 20.8 Å². The van der Waals surface area contributed by atoms with Crippen molar-refractivity contribution in [2.24, 2.45) is 11.3 Å². The van der Waals surface area contributed by atoms with Gasteiger partial charge in [0, 0.05) is 19.0 Å². The highest BCUT2D eigenvalue weighted by Crippen LogP contribution is 2.29. The van der Waals surface area contributed by atoms with Crippen LogP contribution in [0.3, 0.4) is 0 Å². The predicted molar refractivity (Wildman–Crippen MR) is 71.9 cm³/mol. The maximum absolute atomic E-state index is 12.0. The van der Waals surface area contributed by atoms with E-state index in [0.29, 0.717) is 5.41 Å². The Kier molecular flexibility index (Phi) is 5.96. The Labute approximate surface area is 106 Å². The first-order valence-electron chi connectivity index (χ1n) is 7.16. The maximum atomic E-state index is 12.0. The molecule has 1 rings (SSSR count). The van der Waals surface area contributed by atoms with E-state index in [2.05, 4.69) is 31.4 Å². The highest BCUT2D eigenvalue weighted by Gasteiger charge is 2.30.